The van der Waals surface area contributed by atoms with E-state index in [0.717, 1.165) is 32.1 Å². The van der Waals surface area contributed by atoms with Gasteiger partial charge < -0.3 is 4.74 Å². The van der Waals surface area contributed by atoms with Crippen LogP contribution in [0.5, 0.6) is 11.8 Å². The third-order valence-electron chi connectivity index (χ3n) is 7.32. The van der Waals surface area contributed by atoms with E-state index in [2.05, 4.69) is 33.9 Å². The molecule has 0 bridgehead atoms. The lowest BCUT2D eigenvalue weighted by Crippen LogP contribution is -2.43. The molecule has 6 heteroatoms. The topological polar surface area (TPSA) is 81.5 Å². The number of Topliss-reactive ketones (excluding diaryl/α,β-unsaturated/α-hetero) is 1. The number of carbonyl (C=O) groups is 1. The summed E-state index contributed by atoms with van der Waals surface area (Å²) in [4.78, 5) is 31.1. The van der Waals surface area contributed by atoms with Crippen LogP contribution >= 0.6 is 0 Å². The van der Waals surface area contributed by atoms with Crippen LogP contribution in [-0.2, 0) is 11.2 Å². The number of carbonyl (C=O) groups excluding carboxylic acids is 1. The van der Waals surface area contributed by atoms with Crippen molar-refractivity contribution in [1.29, 1.82) is 0 Å². The molecule has 2 aromatic rings. The fraction of sp³-hybridized carbons (Fsp3) is 0.435. The Bertz CT molecular complexity index is 987. The van der Waals surface area contributed by atoms with Crippen molar-refractivity contribution >= 4 is 11.5 Å². The Morgan fingerprint density at radius 1 is 1.17 bits per heavy atom. The fourth-order valence-corrected chi connectivity index (χ4v) is 6.01. The van der Waals surface area contributed by atoms with Gasteiger partial charge in [0.05, 0.1) is 12.4 Å². The number of ether oxygens (including phenoxy) is 1. The van der Waals surface area contributed by atoms with Crippen LogP contribution in [0.3, 0.4) is 0 Å². The second-order valence-corrected chi connectivity index (χ2v) is 8.44. The van der Waals surface area contributed by atoms with Crippen LogP contribution < -0.4 is 4.74 Å². The lowest BCUT2D eigenvalue weighted by Gasteiger charge is -2.48. The third kappa shape index (κ3) is 2.81. The average Bonchev–Trinajstić information content (AvgIpc) is 3.11. The summed E-state index contributed by atoms with van der Waals surface area (Å²) in [5.41, 5.74) is 2.60. The van der Waals surface area contributed by atoms with Crippen molar-refractivity contribution in [1.82, 2.24) is 9.97 Å². The molecule has 29 heavy (non-hydrogen) atoms. The van der Waals surface area contributed by atoms with Gasteiger partial charge in [-0.1, -0.05) is 12.1 Å². The molecule has 3 aliphatic carbocycles. The maximum Gasteiger partial charge on any atom is 0.322 e. The molecule has 2 fully saturated rings. The maximum absolute atomic E-state index is 12.6. The summed E-state index contributed by atoms with van der Waals surface area (Å²) in [6, 6.07) is 6.41. The van der Waals surface area contributed by atoms with Gasteiger partial charge in [0, 0.05) is 11.8 Å². The van der Waals surface area contributed by atoms with Gasteiger partial charge in [-0.3, -0.25) is 4.79 Å². The normalized spacial score (nSPS) is 30.1. The lowest BCUT2D eigenvalue weighted by atomic mass is 9.55. The van der Waals surface area contributed by atoms with E-state index in [-0.39, 0.29) is 17.1 Å². The first-order valence-corrected chi connectivity index (χ1v) is 10.3. The summed E-state index contributed by atoms with van der Waals surface area (Å²) in [6.07, 6.45) is 10.4. The van der Waals surface area contributed by atoms with Crippen molar-refractivity contribution in [3.05, 3.63) is 59.3 Å². The number of nitrogens with zero attached hydrogens (tertiary/aromatic N) is 3. The molecule has 1 aromatic carbocycles. The van der Waals surface area contributed by atoms with Crippen molar-refractivity contribution in [2.45, 2.75) is 44.4 Å². The average molecular weight is 389 g/mol. The summed E-state index contributed by atoms with van der Waals surface area (Å²) >= 11 is 0. The minimum absolute atomic E-state index is 0.173. The summed E-state index contributed by atoms with van der Waals surface area (Å²) < 4.78 is 5.77. The molecule has 6 nitrogen and oxygen atoms in total. The number of nitroso groups, excluding NO2 is 1. The molecule has 2 saturated carbocycles. The lowest BCUT2D eigenvalue weighted by molar-refractivity contribution is -0.127. The van der Waals surface area contributed by atoms with E-state index in [1.54, 1.807) is 0 Å². The van der Waals surface area contributed by atoms with E-state index in [4.69, 9.17) is 4.74 Å². The van der Waals surface area contributed by atoms with E-state index in [1.807, 2.05) is 12.1 Å². The van der Waals surface area contributed by atoms with Crippen LogP contribution in [-0.4, -0.2) is 15.8 Å². The van der Waals surface area contributed by atoms with Gasteiger partial charge in [0.1, 0.15) is 17.2 Å². The second kappa shape index (κ2) is 6.87. The number of allylic oxidation sites excluding steroid dienone is 1. The minimum Gasteiger partial charge on any atom is -0.424 e. The number of rotatable bonds is 4. The molecule has 0 saturated heterocycles. The van der Waals surface area contributed by atoms with Crippen LogP contribution in [0.4, 0.5) is 5.69 Å². The zero-order valence-electron chi connectivity index (χ0n) is 16.2. The maximum atomic E-state index is 12.6. The van der Waals surface area contributed by atoms with Gasteiger partial charge in [-0.25, -0.2) is 9.97 Å². The van der Waals surface area contributed by atoms with Crippen molar-refractivity contribution in [3.63, 3.8) is 0 Å². The zero-order chi connectivity index (χ0) is 20.0. The van der Waals surface area contributed by atoms with Crippen molar-refractivity contribution in [3.8, 4) is 11.8 Å². The van der Waals surface area contributed by atoms with Gasteiger partial charge in [-0.05, 0) is 78.3 Å². The molecule has 0 aliphatic heterocycles. The standard InChI is InChI=1S/C23H23N3O3/c1-2-23-10-9-18-17-6-4-16(29-22-24-12-15(26-28)13-25-22)11-14(17)3-5-19(18)20(23)7-8-21(23)27/h2,4,6,11-13,18-20H,1,3,5,7-10H2/t18-,19?,20+,23+/m1/s1. The molecule has 0 amide bonds. The zero-order valence-corrected chi connectivity index (χ0v) is 16.2. The molecule has 148 valence electrons. The van der Waals surface area contributed by atoms with Crippen molar-refractivity contribution < 1.29 is 9.53 Å². The predicted molar refractivity (Wildman–Crippen MR) is 108 cm³/mol. The van der Waals surface area contributed by atoms with Crippen molar-refractivity contribution in [2.75, 3.05) is 0 Å². The van der Waals surface area contributed by atoms with Crippen molar-refractivity contribution in [2.24, 2.45) is 22.4 Å². The molecule has 0 radical (unpaired) electrons. The highest BCUT2D eigenvalue weighted by Gasteiger charge is 2.55. The molecule has 1 heterocycles. The number of ketones is 1. The van der Waals surface area contributed by atoms with Crippen LogP contribution in [0.1, 0.15) is 49.1 Å². The van der Waals surface area contributed by atoms with E-state index < -0.39 is 0 Å². The summed E-state index contributed by atoms with van der Waals surface area (Å²) in [5, 5.41) is 2.80. The van der Waals surface area contributed by atoms with Gasteiger partial charge in [-0.2, -0.15) is 0 Å². The highest BCUT2D eigenvalue weighted by Crippen LogP contribution is 2.60. The fourth-order valence-electron chi connectivity index (χ4n) is 6.01. The Morgan fingerprint density at radius 3 is 2.76 bits per heavy atom. The quantitative estimate of drug-likeness (QED) is 0.526. The van der Waals surface area contributed by atoms with E-state index in [1.165, 1.54) is 23.5 Å². The van der Waals surface area contributed by atoms with Gasteiger partial charge in [-0.15, -0.1) is 11.5 Å². The van der Waals surface area contributed by atoms with Gasteiger partial charge in [0.2, 0.25) is 0 Å². The predicted octanol–water partition coefficient (Wildman–Crippen LogP) is 5.26. The minimum atomic E-state index is -0.276. The Morgan fingerprint density at radius 2 is 2.00 bits per heavy atom. The molecular formula is C23H23N3O3. The van der Waals surface area contributed by atoms with Crippen LogP contribution in [0.15, 0.2) is 48.4 Å². The molecular weight excluding hydrogens is 366 g/mol. The van der Waals surface area contributed by atoms with E-state index >= 15 is 0 Å². The van der Waals surface area contributed by atoms with Crippen LogP contribution in [0.25, 0.3) is 0 Å². The summed E-state index contributed by atoms with van der Waals surface area (Å²) in [5.74, 6) is 2.60. The van der Waals surface area contributed by atoms with E-state index in [0.29, 0.717) is 35.7 Å². The van der Waals surface area contributed by atoms with Gasteiger partial charge in [0.15, 0.2) is 0 Å². The number of fused-ring (bicyclic) bond motifs is 5. The number of benzene rings is 1. The first kappa shape index (κ1) is 18.2. The molecule has 1 unspecified atom stereocenters. The summed E-state index contributed by atoms with van der Waals surface area (Å²) in [6.45, 7) is 4.04. The number of hydrogen-bond acceptors (Lipinski definition) is 6. The largest absolute Gasteiger partial charge is 0.424 e. The first-order chi connectivity index (χ1) is 14.1. The van der Waals surface area contributed by atoms with Gasteiger partial charge >= 0.3 is 6.01 Å². The SMILES string of the molecule is C=C[C@]12CC[C@@H]3c4ccc(Oc5ncc(N=O)cn5)cc4CCC3[C@@H]1CCC2=O. The third-order valence-corrected chi connectivity index (χ3v) is 7.32. The number of aryl methyl sites for hydroxylation is 1. The Balaban J connectivity index is 1.39. The van der Waals surface area contributed by atoms with Crippen LogP contribution in [0.2, 0.25) is 0 Å². The van der Waals surface area contributed by atoms with E-state index in [9.17, 15) is 9.70 Å². The van der Waals surface area contributed by atoms with Crippen LogP contribution in [0, 0.1) is 22.2 Å². The number of aromatic nitrogens is 2. The molecule has 4 atom stereocenters. The highest BCUT2D eigenvalue weighted by atomic mass is 16.5. The Labute approximate surface area is 169 Å². The monoisotopic (exact) mass is 389 g/mol. The second-order valence-electron chi connectivity index (χ2n) is 8.44. The van der Waals surface area contributed by atoms with Gasteiger partial charge in [0.25, 0.3) is 0 Å². The first-order valence-electron chi connectivity index (χ1n) is 10.3. The molecule has 1 aromatic heterocycles. The highest BCUT2D eigenvalue weighted by molar-refractivity contribution is 5.89. The Kier molecular flexibility index (Phi) is 4.30. The molecule has 0 N–H and O–H groups in total. The molecule has 3 aliphatic rings. The molecule has 5 rings (SSSR count). The number of hydrogen-bond donors (Lipinski definition) is 0. The Hall–Kier alpha value is -2.89. The smallest absolute Gasteiger partial charge is 0.322 e. The summed E-state index contributed by atoms with van der Waals surface area (Å²) in [7, 11) is 0. The molecule has 0 spiro atoms.